The quantitative estimate of drug-likeness (QED) is 0.562. The summed E-state index contributed by atoms with van der Waals surface area (Å²) in [5, 5.41) is 13.7. The highest BCUT2D eigenvalue weighted by Crippen LogP contribution is 2.14. The van der Waals surface area contributed by atoms with Crippen LogP contribution in [0, 0.1) is 5.92 Å². The van der Waals surface area contributed by atoms with Crippen LogP contribution in [-0.2, 0) is 14.4 Å². The molecule has 0 saturated heterocycles. The molecular formula is C12H22N2O4. The number of amides is 2. The standard InChI is InChI=1S/C12H22N2O4/c1-3-10(4-5-12(17)18)6-7-13-11(16)8-14-9(2)15/h10H,3-8H2,1-2H3,(H,13,16)(H,14,15)(H,17,18). The second-order valence-electron chi connectivity index (χ2n) is 4.26. The second kappa shape index (κ2) is 9.44. The smallest absolute Gasteiger partial charge is 0.303 e. The van der Waals surface area contributed by atoms with Crippen LogP contribution in [0.15, 0.2) is 0 Å². The Kier molecular flexibility index (Phi) is 8.61. The van der Waals surface area contributed by atoms with Gasteiger partial charge in [-0.1, -0.05) is 13.3 Å². The summed E-state index contributed by atoms with van der Waals surface area (Å²) in [4.78, 5) is 32.3. The molecule has 6 heteroatoms. The lowest BCUT2D eigenvalue weighted by atomic mass is 9.97. The summed E-state index contributed by atoms with van der Waals surface area (Å²) in [5.74, 6) is -0.943. The van der Waals surface area contributed by atoms with Gasteiger partial charge in [0, 0.05) is 19.9 Å². The van der Waals surface area contributed by atoms with E-state index in [0.29, 0.717) is 18.9 Å². The molecule has 0 aliphatic rings. The summed E-state index contributed by atoms with van der Waals surface area (Å²) in [6.45, 7) is 3.86. The Bertz CT molecular complexity index is 292. The first-order valence-corrected chi connectivity index (χ1v) is 6.18. The average molecular weight is 258 g/mol. The van der Waals surface area contributed by atoms with Crippen molar-refractivity contribution in [2.75, 3.05) is 13.1 Å². The van der Waals surface area contributed by atoms with Crippen molar-refractivity contribution in [1.82, 2.24) is 10.6 Å². The Balaban J connectivity index is 3.69. The van der Waals surface area contributed by atoms with Gasteiger partial charge in [0.15, 0.2) is 0 Å². The predicted molar refractivity (Wildman–Crippen MR) is 67.0 cm³/mol. The van der Waals surface area contributed by atoms with Crippen LogP contribution in [-0.4, -0.2) is 36.0 Å². The normalized spacial score (nSPS) is 11.7. The van der Waals surface area contributed by atoms with Crippen molar-refractivity contribution in [2.45, 2.75) is 39.5 Å². The minimum atomic E-state index is -0.789. The van der Waals surface area contributed by atoms with Crippen LogP contribution in [0.5, 0.6) is 0 Å². The van der Waals surface area contributed by atoms with Gasteiger partial charge in [-0.15, -0.1) is 0 Å². The summed E-state index contributed by atoms with van der Waals surface area (Å²) >= 11 is 0. The molecule has 0 radical (unpaired) electrons. The summed E-state index contributed by atoms with van der Waals surface area (Å²) in [5.41, 5.74) is 0. The zero-order chi connectivity index (χ0) is 14.0. The molecule has 0 spiro atoms. The van der Waals surface area contributed by atoms with Crippen molar-refractivity contribution < 1.29 is 19.5 Å². The van der Waals surface area contributed by atoms with E-state index in [0.717, 1.165) is 12.8 Å². The van der Waals surface area contributed by atoms with Crippen LogP contribution in [0.3, 0.4) is 0 Å². The van der Waals surface area contributed by atoms with Gasteiger partial charge in [-0.2, -0.15) is 0 Å². The molecule has 1 atom stereocenters. The van der Waals surface area contributed by atoms with Crippen molar-refractivity contribution in [3.63, 3.8) is 0 Å². The lowest BCUT2D eigenvalue weighted by Gasteiger charge is -2.14. The van der Waals surface area contributed by atoms with Crippen LogP contribution in [0.1, 0.15) is 39.5 Å². The van der Waals surface area contributed by atoms with Crippen LogP contribution < -0.4 is 10.6 Å². The number of carboxylic acid groups (broad SMARTS) is 1. The molecule has 0 rings (SSSR count). The molecule has 18 heavy (non-hydrogen) atoms. The van der Waals surface area contributed by atoms with Gasteiger partial charge in [0.25, 0.3) is 0 Å². The Hall–Kier alpha value is -1.59. The second-order valence-corrected chi connectivity index (χ2v) is 4.26. The number of hydrogen-bond acceptors (Lipinski definition) is 3. The van der Waals surface area contributed by atoms with Crippen LogP contribution >= 0.6 is 0 Å². The molecule has 1 unspecified atom stereocenters. The Morgan fingerprint density at radius 1 is 1.17 bits per heavy atom. The van der Waals surface area contributed by atoms with Gasteiger partial charge in [-0.25, -0.2) is 0 Å². The molecule has 104 valence electrons. The number of carbonyl (C=O) groups excluding carboxylic acids is 2. The van der Waals surface area contributed by atoms with Crippen LogP contribution in [0.25, 0.3) is 0 Å². The lowest BCUT2D eigenvalue weighted by Crippen LogP contribution is -2.36. The molecule has 0 heterocycles. The zero-order valence-corrected chi connectivity index (χ0v) is 11.0. The number of rotatable bonds is 9. The van der Waals surface area contributed by atoms with Crippen molar-refractivity contribution in [3.8, 4) is 0 Å². The Labute approximate surface area is 107 Å². The fourth-order valence-electron chi connectivity index (χ4n) is 1.56. The predicted octanol–water partition coefficient (Wildman–Crippen LogP) is 0.520. The lowest BCUT2D eigenvalue weighted by molar-refractivity contribution is -0.137. The van der Waals surface area contributed by atoms with Gasteiger partial charge in [-0.05, 0) is 18.8 Å². The minimum absolute atomic E-state index is 0.0126. The van der Waals surface area contributed by atoms with E-state index in [1.807, 2.05) is 6.92 Å². The van der Waals surface area contributed by atoms with E-state index in [1.165, 1.54) is 6.92 Å². The fourth-order valence-corrected chi connectivity index (χ4v) is 1.56. The molecular weight excluding hydrogens is 236 g/mol. The maximum Gasteiger partial charge on any atom is 0.303 e. The molecule has 0 aromatic carbocycles. The van der Waals surface area contributed by atoms with Gasteiger partial charge in [0.2, 0.25) is 11.8 Å². The summed E-state index contributed by atoms with van der Waals surface area (Å²) in [6.07, 6.45) is 2.45. The third-order valence-corrected chi connectivity index (χ3v) is 2.72. The highest BCUT2D eigenvalue weighted by Gasteiger charge is 2.09. The Morgan fingerprint density at radius 2 is 1.83 bits per heavy atom. The average Bonchev–Trinajstić information content (AvgIpc) is 2.30. The molecule has 0 aliphatic carbocycles. The number of hydrogen-bond donors (Lipinski definition) is 3. The molecule has 3 N–H and O–H groups in total. The van der Waals surface area contributed by atoms with E-state index in [2.05, 4.69) is 10.6 Å². The summed E-state index contributed by atoms with van der Waals surface area (Å²) < 4.78 is 0. The summed E-state index contributed by atoms with van der Waals surface area (Å²) in [7, 11) is 0. The van der Waals surface area contributed by atoms with Crippen molar-refractivity contribution in [3.05, 3.63) is 0 Å². The maximum absolute atomic E-state index is 11.3. The fraction of sp³-hybridized carbons (Fsp3) is 0.750. The van der Waals surface area contributed by atoms with E-state index < -0.39 is 5.97 Å². The van der Waals surface area contributed by atoms with Gasteiger partial charge < -0.3 is 15.7 Å². The monoisotopic (exact) mass is 258 g/mol. The first-order chi connectivity index (χ1) is 8.45. The number of carbonyl (C=O) groups is 3. The highest BCUT2D eigenvalue weighted by atomic mass is 16.4. The highest BCUT2D eigenvalue weighted by molar-refractivity contribution is 5.83. The topological polar surface area (TPSA) is 95.5 Å². The van der Waals surface area contributed by atoms with Crippen LogP contribution in [0.2, 0.25) is 0 Å². The first-order valence-electron chi connectivity index (χ1n) is 6.18. The maximum atomic E-state index is 11.3. The van der Waals surface area contributed by atoms with E-state index in [1.54, 1.807) is 0 Å². The van der Waals surface area contributed by atoms with Gasteiger partial charge in [0.05, 0.1) is 6.54 Å². The van der Waals surface area contributed by atoms with E-state index in [4.69, 9.17) is 5.11 Å². The SMILES string of the molecule is CCC(CCNC(=O)CNC(C)=O)CCC(=O)O. The largest absolute Gasteiger partial charge is 0.481 e. The number of nitrogens with one attached hydrogen (secondary N) is 2. The van der Waals surface area contributed by atoms with Crippen molar-refractivity contribution in [1.29, 1.82) is 0 Å². The van der Waals surface area contributed by atoms with Crippen molar-refractivity contribution in [2.24, 2.45) is 5.92 Å². The van der Waals surface area contributed by atoms with Gasteiger partial charge in [0.1, 0.15) is 0 Å². The Morgan fingerprint density at radius 3 is 2.33 bits per heavy atom. The van der Waals surface area contributed by atoms with Gasteiger partial charge >= 0.3 is 5.97 Å². The molecule has 0 saturated carbocycles. The molecule has 2 amide bonds. The van der Waals surface area contributed by atoms with E-state index in [9.17, 15) is 14.4 Å². The van der Waals surface area contributed by atoms with E-state index >= 15 is 0 Å². The summed E-state index contributed by atoms with van der Waals surface area (Å²) in [6, 6.07) is 0. The molecule has 0 fully saturated rings. The van der Waals surface area contributed by atoms with Gasteiger partial charge in [-0.3, -0.25) is 14.4 Å². The zero-order valence-electron chi connectivity index (χ0n) is 11.0. The molecule has 0 aromatic heterocycles. The number of aliphatic carboxylic acids is 1. The first kappa shape index (κ1) is 16.4. The minimum Gasteiger partial charge on any atom is -0.481 e. The molecule has 0 aromatic rings. The molecule has 0 aliphatic heterocycles. The van der Waals surface area contributed by atoms with E-state index in [-0.39, 0.29) is 24.8 Å². The third kappa shape index (κ3) is 9.62. The number of carboxylic acids is 1. The van der Waals surface area contributed by atoms with Crippen molar-refractivity contribution >= 4 is 17.8 Å². The third-order valence-electron chi connectivity index (χ3n) is 2.72. The van der Waals surface area contributed by atoms with Crippen LogP contribution in [0.4, 0.5) is 0 Å². The molecule has 6 nitrogen and oxygen atoms in total. The molecule has 0 bridgehead atoms.